The number of hydrogen-bond acceptors (Lipinski definition) is 4. The van der Waals surface area contributed by atoms with Crippen LogP contribution in [0.5, 0.6) is 0 Å². The van der Waals surface area contributed by atoms with Crippen molar-refractivity contribution < 1.29 is 4.79 Å². The number of piperazine rings is 1. The smallest absolute Gasteiger partial charge is 0.253 e. The summed E-state index contributed by atoms with van der Waals surface area (Å²) in [6.07, 6.45) is 1.07. The number of hydrogen-bond donors (Lipinski definition) is 2. The van der Waals surface area contributed by atoms with Gasteiger partial charge in [0, 0.05) is 55.9 Å². The average molecular weight is 385 g/mol. The second-order valence-corrected chi connectivity index (χ2v) is 7.67. The molecule has 0 aliphatic carbocycles. The second-order valence-electron chi connectivity index (χ2n) is 7.23. The Hall–Kier alpha value is -1.92. The van der Waals surface area contributed by atoms with Crippen LogP contribution in [-0.4, -0.2) is 48.4 Å². The van der Waals surface area contributed by atoms with Gasteiger partial charge in [0.2, 0.25) is 0 Å². The summed E-state index contributed by atoms with van der Waals surface area (Å²) < 4.78 is 0. The Balaban J connectivity index is 1.31. The first-order chi connectivity index (χ1) is 13.2. The fourth-order valence-electron chi connectivity index (χ4n) is 3.78. The number of amides is 1. The maximum atomic E-state index is 12.8. The molecular weight excluding hydrogens is 360 g/mol. The van der Waals surface area contributed by atoms with Crippen molar-refractivity contribution >= 4 is 17.5 Å². The zero-order valence-corrected chi connectivity index (χ0v) is 16.1. The molecule has 0 saturated carbocycles. The van der Waals surface area contributed by atoms with Crippen LogP contribution in [0.2, 0.25) is 5.02 Å². The van der Waals surface area contributed by atoms with Crippen molar-refractivity contribution in [3.8, 4) is 0 Å². The Morgan fingerprint density at radius 1 is 1.07 bits per heavy atom. The standard InChI is InChI=1S/C21H25ClN4O/c22-19-3-1-2-16(14-19)15-25-10-12-26(13-11-25)21(27)18-6-4-17(5-7-18)20-8-9-23-24-20/h1-7,14,20,23-24H,8-13,15H2. The lowest BCUT2D eigenvalue weighted by Crippen LogP contribution is -2.48. The summed E-state index contributed by atoms with van der Waals surface area (Å²) in [5.74, 6) is 0.126. The highest BCUT2D eigenvalue weighted by atomic mass is 35.5. The lowest BCUT2D eigenvalue weighted by molar-refractivity contribution is 0.0628. The quantitative estimate of drug-likeness (QED) is 0.851. The molecule has 4 rings (SSSR count). The van der Waals surface area contributed by atoms with Gasteiger partial charge in [-0.15, -0.1) is 0 Å². The molecule has 2 heterocycles. The number of hydrazine groups is 1. The van der Waals surface area contributed by atoms with Crippen molar-refractivity contribution in [2.24, 2.45) is 0 Å². The molecule has 2 aliphatic heterocycles. The molecule has 1 atom stereocenters. The third-order valence-electron chi connectivity index (χ3n) is 5.35. The Kier molecular flexibility index (Phi) is 5.74. The van der Waals surface area contributed by atoms with Crippen molar-refractivity contribution in [1.82, 2.24) is 20.7 Å². The molecule has 0 aromatic heterocycles. The van der Waals surface area contributed by atoms with Crippen molar-refractivity contribution in [3.63, 3.8) is 0 Å². The highest BCUT2D eigenvalue weighted by Crippen LogP contribution is 2.20. The molecule has 1 amide bonds. The molecule has 6 heteroatoms. The van der Waals surface area contributed by atoms with Gasteiger partial charge in [0.05, 0.1) is 0 Å². The van der Waals surface area contributed by atoms with Gasteiger partial charge in [-0.3, -0.25) is 20.5 Å². The van der Waals surface area contributed by atoms with E-state index in [1.807, 2.05) is 35.2 Å². The summed E-state index contributed by atoms with van der Waals surface area (Å²) >= 11 is 6.07. The van der Waals surface area contributed by atoms with Gasteiger partial charge in [-0.1, -0.05) is 35.9 Å². The minimum absolute atomic E-state index is 0.126. The van der Waals surface area contributed by atoms with Crippen molar-refractivity contribution in [2.75, 3.05) is 32.7 Å². The number of benzene rings is 2. The summed E-state index contributed by atoms with van der Waals surface area (Å²) in [5, 5.41) is 0.772. The molecule has 0 bridgehead atoms. The molecule has 2 saturated heterocycles. The molecule has 27 heavy (non-hydrogen) atoms. The molecular formula is C21H25ClN4O. The summed E-state index contributed by atoms with van der Waals surface area (Å²) in [6, 6.07) is 16.4. The first-order valence-electron chi connectivity index (χ1n) is 9.53. The lowest BCUT2D eigenvalue weighted by Gasteiger charge is -2.34. The largest absolute Gasteiger partial charge is 0.336 e. The van der Waals surface area contributed by atoms with Crippen LogP contribution >= 0.6 is 11.6 Å². The maximum absolute atomic E-state index is 12.8. The monoisotopic (exact) mass is 384 g/mol. The number of carbonyl (C=O) groups excluding carboxylic acids is 1. The fraction of sp³-hybridized carbons (Fsp3) is 0.381. The van der Waals surface area contributed by atoms with E-state index in [-0.39, 0.29) is 5.91 Å². The highest BCUT2D eigenvalue weighted by Gasteiger charge is 2.23. The van der Waals surface area contributed by atoms with E-state index < -0.39 is 0 Å². The zero-order valence-electron chi connectivity index (χ0n) is 15.3. The topological polar surface area (TPSA) is 47.6 Å². The van der Waals surface area contributed by atoms with Crippen molar-refractivity contribution in [2.45, 2.75) is 19.0 Å². The van der Waals surface area contributed by atoms with Gasteiger partial charge in [0.1, 0.15) is 0 Å². The van der Waals surface area contributed by atoms with Crippen LogP contribution in [-0.2, 0) is 6.54 Å². The summed E-state index contributed by atoms with van der Waals surface area (Å²) in [6.45, 7) is 5.14. The third kappa shape index (κ3) is 4.50. The van der Waals surface area contributed by atoms with E-state index in [1.165, 1.54) is 11.1 Å². The third-order valence-corrected chi connectivity index (χ3v) is 5.58. The van der Waals surface area contributed by atoms with Crippen LogP contribution < -0.4 is 10.9 Å². The van der Waals surface area contributed by atoms with Gasteiger partial charge in [-0.05, 0) is 41.8 Å². The maximum Gasteiger partial charge on any atom is 0.253 e. The van der Waals surface area contributed by atoms with Crippen LogP contribution in [0.1, 0.15) is 33.9 Å². The fourth-order valence-corrected chi connectivity index (χ4v) is 3.99. The molecule has 5 nitrogen and oxygen atoms in total. The van der Waals surface area contributed by atoms with Crippen LogP contribution in [0.25, 0.3) is 0 Å². The molecule has 142 valence electrons. The van der Waals surface area contributed by atoms with E-state index in [0.29, 0.717) is 6.04 Å². The van der Waals surface area contributed by atoms with Gasteiger partial charge in [-0.25, -0.2) is 0 Å². The highest BCUT2D eigenvalue weighted by molar-refractivity contribution is 6.30. The van der Waals surface area contributed by atoms with Crippen LogP contribution in [0.15, 0.2) is 48.5 Å². The van der Waals surface area contributed by atoms with Crippen molar-refractivity contribution in [3.05, 3.63) is 70.2 Å². The Bertz CT molecular complexity index is 781. The van der Waals surface area contributed by atoms with Crippen LogP contribution in [0.3, 0.4) is 0 Å². The average Bonchev–Trinajstić information content (AvgIpc) is 3.23. The van der Waals surface area contributed by atoms with Gasteiger partial charge >= 0.3 is 0 Å². The van der Waals surface area contributed by atoms with Crippen molar-refractivity contribution in [1.29, 1.82) is 0 Å². The number of rotatable bonds is 4. The second kappa shape index (κ2) is 8.40. The molecule has 0 spiro atoms. The van der Waals surface area contributed by atoms with Crippen LogP contribution in [0, 0.1) is 0 Å². The zero-order chi connectivity index (χ0) is 18.6. The molecule has 2 aliphatic rings. The number of halogens is 1. The van der Waals surface area contributed by atoms with E-state index >= 15 is 0 Å². The summed E-state index contributed by atoms with van der Waals surface area (Å²) in [4.78, 5) is 17.1. The lowest BCUT2D eigenvalue weighted by atomic mass is 10.0. The Morgan fingerprint density at radius 2 is 1.85 bits per heavy atom. The molecule has 2 aromatic rings. The van der Waals surface area contributed by atoms with Gasteiger partial charge < -0.3 is 4.90 Å². The summed E-state index contributed by atoms with van der Waals surface area (Å²) in [7, 11) is 0. The normalized spacial score (nSPS) is 20.8. The van der Waals surface area contributed by atoms with E-state index in [4.69, 9.17) is 11.6 Å². The minimum Gasteiger partial charge on any atom is -0.336 e. The van der Waals surface area contributed by atoms with E-state index in [2.05, 4.69) is 34.0 Å². The number of nitrogens with zero attached hydrogens (tertiary/aromatic N) is 2. The van der Waals surface area contributed by atoms with E-state index in [0.717, 1.165) is 56.3 Å². The molecule has 2 aromatic carbocycles. The SMILES string of the molecule is O=C(c1ccc(C2CCNN2)cc1)N1CCN(Cc2cccc(Cl)c2)CC1. The van der Waals surface area contributed by atoms with E-state index in [1.54, 1.807) is 0 Å². The molecule has 2 fully saturated rings. The number of nitrogens with one attached hydrogen (secondary N) is 2. The summed E-state index contributed by atoms with van der Waals surface area (Å²) in [5.41, 5.74) is 9.61. The number of carbonyl (C=O) groups is 1. The van der Waals surface area contributed by atoms with E-state index in [9.17, 15) is 4.79 Å². The first kappa shape index (κ1) is 18.4. The van der Waals surface area contributed by atoms with Gasteiger partial charge in [0.25, 0.3) is 5.91 Å². The van der Waals surface area contributed by atoms with Gasteiger partial charge in [-0.2, -0.15) is 0 Å². The first-order valence-corrected chi connectivity index (χ1v) is 9.91. The Labute approximate surface area is 165 Å². The minimum atomic E-state index is 0.126. The van der Waals surface area contributed by atoms with Crippen LogP contribution in [0.4, 0.5) is 0 Å². The molecule has 2 N–H and O–H groups in total. The molecule has 0 radical (unpaired) electrons. The Morgan fingerprint density at radius 3 is 2.52 bits per heavy atom. The van der Waals surface area contributed by atoms with Gasteiger partial charge in [0.15, 0.2) is 0 Å². The predicted molar refractivity (Wildman–Crippen MR) is 108 cm³/mol. The predicted octanol–water partition coefficient (Wildman–Crippen LogP) is 2.84. The molecule has 1 unspecified atom stereocenters.